The Balaban J connectivity index is 1.96. The normalized spacial score (nSPS) is 16.3. The number of rotatable bonds is 3. The number of methoxy groups -OCH3 is 1. The number of aromatic amines is 1. The van der Waals surface area contributed by atoms with Crippen LogP contribution >= 0.6 is 23.2 Å². The largest absolute Gasteiger partial charge is 0.468 e. The van der Waals surface area contributed by atoms with Crippen molar-refractivity contribution in [3.8, 4) is 0 Å². The summed E-state index contributed by atoms with van der Waals surface area (Å²) in [6.07, 6.45) is 2.21. The SMILES string of the molecule is COC(=O)CNC(=O)N1CCc2[nH]cnc2[C@H]1c1cccc(Cl)c1Cl. The molecule has 2 amide bonds. The molecule has 0 unspecified atom stereocenters. The Morgan fingerprint density at radius 1 is 1.44 bits per heavy atom. The summed E-state index contributed by atoms with van der Waals surface area (Å²) < 4.78 is 4.55. The summed E-state index contributed by atoms with van der Waals surface area (Å²) in [5.41, 5.74) is 2.33. The number of hydrogen-bond acceptors (Lipinski definition) is 4. The van der Waals surface area contributed by atoms with Crippen LogP contribution in [0, 0.1) is 0 Å². The number of amides is 2. The third kappa shape index (κ3) is 3.43. The molecule has 0 saturated heterocycles. The Morgan fingerprint density at radius 3 is 3.00 bits per heavy atom. The first-order valence-electron chi connectivity index (χ1n) is 7.60. The van der Waals surface area contributed by atoms with Gasteiger partial charge in [0.15, 0.2) is 0 Å². The number of benzene rings is 1. The zero-order valence-corrected chi connectivity index (χ0v) is 14.9. The molecule has 0 spiro atoms. The van der Waals surface area contributed by atoms with Gasteiger partial charge in [0, 0.05) is 24.2 Å². The number of H-pyrrole nitrogens is 1. The summed E-state index contributed by atoms with van der Waals surface area (Å²) in [5, 5.41) is 3.33. The summed E-state index contributed by atoms with van der Waals surface area (Å²) >= 11 is 12.5. The summed E-state index contributed by atoms with van der Waals surface area (Å²) in [5.74, 6) is -0.525. The topological polar surface area (TPSA) is 87.3 Å². The van der Waals surface area contributed by atoms with Crippen molar-refractivity contribution in [2.24, 2.45) is 0 Å². The molecule has 25 heavy (non-hydrogen) atoms. The van der Waals surface area contributed by atoms with Crippen LogP contribution in [0.1, 0.15) is 23.0 Å². The number of aromatic nitrogens is 2. The highest BCUT2D eigenvalue weighted by Gasteiger charge is 2.35. The van der Waals surface area contributed by atoms with Gasteiger partial charge in [-0.1, -0.05) is 35.3 Å². The van der Waals surface area contributed by atoms with Gasteiger partial charge in [-0.05, 0) is 6.07 Å². The standard InChI is InChI=1S/C16H16Cl2N4O3/c1-25-12(23)7-19-16(24)22-6-5-11-14(21-8-20-11)15(22)9-3-2-4-10(17)13(9)18/h2-4,8,15H,5-7H2,1H3,(H,19,24)(H,20,21)/t15-/m1/s1. The molecule has 0 aliphatic carbocycles. The van der Waals surface area contributed by atoms with Crippen molar-refractivity contribution in [3.63, 3.8) is 0 Å². The third-order valence-corrected chi connectivity index (χ3v) is 4.91. The van der Waals surface area contributed by atoms with Gasteiger partial charge in [-0.3, -0.25) is 4.79 Å². The molecule has 3 rings (SSSR count). The monoisotopic (exact) mass is 382 g/mol. The van der Waals surface area contributed by atoms with E-state index in [1.807, 2.05) is 6.07 Å². The predicted molar refractivity (Wildman–Crippen MR) is 92.7 cm³/mol. The summed E-state index contributed by atoms with van der Waals surface area (Å²) in [7, 11) is 1.26. The average Bonchev–Trinajstić information content (AvgIpc) is 3.09. The number of halogens is 2. The van der Waals surface area contributed by atoms with Crippen LogP contribution in [0.15, 0.2) is 24.5 Å². The van der Waals surface area contributed by atoms with Gasteiger partial charge >= 0.3 is 12.0 Å². The first kappa shape index (κ1) is 17.6. The molecule has 0 saturated carbocycles. The summed E-state index contributed by atoms with van der Waals surface area (Å²) in [6.45, 7) is 0.227. The predicted octanol–water partition coefficient (Wildman–Crippen LogP) is 2.55. The van der Waals surface area contributed by atoms with Gasteiger partial charge in [-0.2, -0.15) is 0 Å². The molecule has 1 aromatic heterocycles. The minimum Gasteiger partial charge on any atom is -0.468 e. The Labute approximate surface area is 154 Å². The molecular weight excluding hydrogens is 367 g/mol. The number of hydrogen-bond donors (Lipinski definition) is 2. The number of carbonyl (C=O) groups excluding carboxylic acids is 2. The van der Waals surface area contributed by atoms with E-state index in [9.17, 15) is 9.59 Å². The van der Waals surface area contributed by atoms with E-state index in [0.717, 1.165) is 5.69 Å². The second-order valence-electron chi connectivity index (χ2n) is 5.49. The number of ether oxygens (including phenoxy) is 1. The molecule has 2 N–H and O–H groups in total. The fraction of sp³-hybridized carbons (Fsp3) is 0.312. The highest BCUT2D eigenvalue weighted by molar-refractivity contribution is 6.42. The number of imidazole rings is 1. The third-order valence-electron chi connectivity index (χ3n) is 4.07. The van der Waals surface area contributed by atoms with E-state index >= 15 is 0 Å². The lowest BCUT2D eigenvalue weighted by molar-refractivity contribution is -0.139. The lowest BCUT2D eigenvalue weighted by Gasteiger charge is -2.35. The van der Waals surface area contributed by atoms with E-state index in [0.29, 0.717) is 34.3 Å². The maximum Gasteiger partial charge on any atom is 0.325 e. The summed E-state index contributed by atoms with van der Waals surface area (Å²) in [6, 6.07) is 4.36. The highest BCUT2D eigenvalue weighted by Crippen LogP contribution is 2.39. The lowest BCUT2D eigenvalue weighted by atomic mass is 9.96. The van der Waals surface area contributed by atoms with Gasteiger partial charge < -0.3 is 19.9 Å². The van der Waals surface area contributed by atoms with Crippen molar-refractivity contribution in [1.29, 1.82) is 0 Å². The molecule has 0 bridgehead atoms. The van der Waals surface area contributed by atoms with Gasteiger partial charge in [-0.25, -0.2) is 9.78 Å². The van der Waals surface area contributed by atoms with Gasteiger partial charge in [-0.15, -0.1) is 0 Å². The highest BCUT2D eigenvalue weighted by atomic mass is 35.5. The van der Waals surface area contributed by atoms with Crippen LogP contribution in [0.5, 0.6) is 0 Å². The van der Waals surface area contributed by atoms with E-state index < -0.39 is 18.0 Å². The van der Waals surface area contributed by atoms with E-state index in [2.05, 4.69) is 20.0 Å². The van der Waals surface area contributed by atoms with E-state index in [1.54, 1.807) is 23.4 Å². The molecular formula is C16H16Cl2N4O3. The summed E-state index contributed by atoms with van der Waals surface area (Å²) in [4.78, 5) is 33.0. The van der Waals surface area contributed by atoms with Crippen molar-refractivity contribution >= 4 is 35.2 Å². The van der Waals surface area contributed by atoms with Gasteiger partial charge in [0.2, 0.25) is 0 Å². The minimum atomic E-state index is -0.525. The van der Waals surface area contributed by atoms with Crippen LogP contribution in [-0.2, 0) is 16.0 Å². The number of urea groups is 1. The van der Waals surface area contributed by atoms with Crippen LogP contribution in [0.4, 0.5) is 4.79 Å². The van der Waals surface area contributed by atoms with Gasteiger partial charge in [0.25, 0.3) is 0 Å². The lowest BCUT2D eigenvalue weighted by Crippen LogP contribution is -2.47. The molecule has 1 aliphatic heterocycles. The molecule has 0 fully saturated rings. The second kappa shape index (κ2) is 7.33. The number of nitrogens with zero attached hydrogens (tertiary/aromatic N) is 2. The van der Waals surface area contributed by atoms with E-state index in [1.165, 1.54) is 7.11 Å². The molecule has 2 heterocycles. The fourth-order valence-electron chi connectivity index (χ4n) is 2.86. The number of fused-ring (bicyclic) bond motifs is 1. The average molecular weight is 383 g/mol. The van der Waals surface area contributed by atoms with E-state index in [-0.39, 0.29) is 6.54 Å². The van der Waals surface area contributed by atoms with Crippen molar-refractivity contribution in [2.45, 2.75) is 12.5 Å². The van der Waals surface area contributed by atoms with Crippen LogP contribution in [-0.4, -0.2) is 47.1 Å². The van der Waals surface area contributed by atoms with E-state index in [4.69, 9.17) is 23.2 Å². The Hall–Kier alpha value is -2.25. The maximum atomic E-state index is 12.6. The van der Waals surface area contributed by atoms with Crippen molar-refractivity contribution < 1.29 is 14.3 Å². The van der Waals surface area contributed by atoms with Crippen LogP contribution in [0.25, 0.3) is 0 Å². The molecule has 9 heteroatoms. The van der Waals surface area contributed by atoms with Crippen LogP contribution < -0.4 is 5.32 Å². The van der Waals surface area contributed by atoms with Crippen LogP contribution in [0.3, 0.4) is 0 Å². The second-order valence-corrected chi connectivity index (χ2v) is 6.28. The van der Waals surface area contributed by atoms with Crippen molar-refractivity contribution in [3.05, 3.63) is 51.5 Å². The van der Waals surface area contributed by atoms with Gasteiger partial charge in [0.05, 0.1) is 29.2 Å². The van der Waals surface area contributed by atoms with Gasteiger partial charge in [0.1, 0.15) is 12.6 Å². The molecule has 7 nitrogen and oxygen atoms in total. The van der Waals surface area contributed by atoms with Crippen molar-refractivity contribution in [1.82, 2.24) is 20.2 Å². The molecule has 1 aromatic carbocycles. The quantitative estimate of drug-likeness (QED) is 0.798. The Bertz CT molecular complexity index is 808. The first-order valence-corrected chi connectivity index (χ1v) is 8.36. The Kier molecular flexibility index (Phi) is 5.15. The number of carbonyl (C=O) groups is 2. The number of nitrogens with one attached hydrogen (secondary N) is 2. The molecule has 0 radical (unpaired) electrons. The first-order chi connectivity index (χ1) is 12.0. The molecule has 132 valence electrons. The Morgan fingerprint density at radius 2 is 2.24 bits per heavy atom. The zero-order chi connectivity index (χ0) is 18.0. The van der Waals surface area contributed by atoms with Crippen LogP contribution in [0.2, 0.25) is 10.0 Å². The molecule has 2 aromatic rings. The molecule has 1 atom stereocenters. The fourth-order valence-corrected chi connectivity index (χ4v) is 3.27. The smallest absolute Gasteiger partial charge is 0.325 e. The molecule has 1 aliphatic rings. The minimum absolute atomic E-state index is 0.213. The van der Waals surface area contributed by atoms with Crippen molar-refractivity contribution in [2.75, 3.05) is 20.2 Å². The number of esters is 1. The zero-order valence-electron chi connectivity index (χ0n) is 13.4. The maximum absolute atomic E-state index is 12.6.